The Morgan fingerprint density at radius 1 is 1.38 bits per heavy atom. The van der Waals surface area contributed by atoms with Crippen molar-refractivity contribution < 1.29 is 0 Å². The van der Waals surface area contributed by atoms with Crippen molar-refractivity contribution in [2.75, 3.05) is 5.73 Å². The zero-order chi connectivity index (χ0) is 11.7. The van der Waals surface area contributed by atoms with Gasteiger partial charge < -0.3 is 10.7 Å². The molecule has 0 aliphatic carbocycles. The molecule has 4 nitrogen and oxygen atoms in total. The largest absolute Gasteiger partial charge is 0.398 e. The number of rotatable bonds is 1. The summed E-state index contributed by atoms with van der Waals surface area (Å²) in [6.45, 7) is 1.76. The maximum Gasteiger partial charge on any atom is 0.251 e. The maximum absolute atomic E-state index is 11.3. The Balaban J connectivity index is 2.58. The normalized spacial score (nSPS) is 10.4. The number of aromatic nitrogens is 2. The predicted octanol–water partition coefficient (Wildman–Crippen LogP) is 1.98. The van der Waals surface area contributed by atoms with E-state index in [4.69, 9.17) is 17.3 Å². The number of benzene rings is 1. The molecule has 0 saturated heterocycles. The first kappa shape index (κ1) is 10.7. The second-order valence-electron chi connectivity index (χ2n) is 3.47. The summed E-state index contributed by atoms with van der Waals surface area (Å²) < 4.78 is 0. The summed E-state index contributed by atoms with van der Waals surface area (Å²) in [7, 11) is 0. The molecule has 0 amide bonds. The third-order valence-electron chi connectivity index (χ3n) is 2.14. The van der Waals surface area contributed by atoms with Crippen LogP contribution in [0.1, 0.15) is 5.69 Å². The molecule has 0 radical (unpaired) electrons. The van der Waals surface area contributed by atoms with Gasteiger partial charge in [0.25, 0.3) is 5.56 Å². The summed E-state index contributed by atoms with van der Waals surface area (Å²) in [5.41, 5.74) is 7.36. The number of nitrogens with zero attached hydrogens (tertiary/aromatic N) is 1. The van der Waals surface area contributed by atoms with E-state index in [1.54, 1.807) is 25.1 Å². The van der Waals surface area contributed by atoms with E-state index in [1.807, 2.05) is 0 Å². The number of aryl methyl sites for hydroxylation is 1. The molecule has 2 aromatic rings. The van der Waals surface area contributed by atoms with Crippen molar-refractivity contribution in [1.82, 2.24) is 9.97 Å². The number of anilines is 1. The second kappa shape index (κ2) is 3.98. The number of nitrogens with two attached hydrogens (primary N) is 1. The van der Waals surface area contributed by atoms with Crippen molar-refractivity contribution in [2.24, 2.45) is 0 Å². The molecular formula is C11H10ClN3O. The van der Waals surface area contributed by atoms with Gasteiger partial charge in [-0.15, -0.1) is 0 Å². The fourth-order valence-electron chi connectivity index (χ4n) is 1.41. The molecule has 0 spiro atoms. The summed E-state index contributed by atoms with van der Waals surface area (Å²) in [6, 6.07) is 6.55. The van der Waals surface area contributed by atoms with Crippen LogP contribution in [-0.4, -0.2) is 9.97 Å². The van der Waals surface area contributed by atoms with E-state index in [0.29, 0.717) is 22.2 Å². The first-order valence-electron chi connectivity index (χ1n) is 4.69. The second-order valence-corrected chi connectivity index (χ2v) is 3.88. The molecule has 1 heterocycles. The number of nitrogens with one attached hydrogen (secondary N) is 1. The number of hydrogen-bond donors (Lipinski definition) is 2. The highest BCUT2D eigenvalue weighted by molar-refractivity contribution is 6.33. The van der Waals surface area contributed by atoms with Gasteiger partial charge in [0.1, 0.15) is 5.82 Å². The highest BCUT2D eigenvalue weighted by Crippen LogP contribution is 2.24. The molecule has 1 aromatic heterocycles. The molecule has 16 heavy (non-hydrogen) atoms. The number of H-pyrrole nitrogens is 1. The van der Waals surface area contributed by atoms with Gasteiger partial charge in [-0.25, -0.2) is 4.98 Å². The average molecular weight is 236 g/mol. The Labute approximate surface area is 97.1 Å². The van der Waals surface area contributed by atoms with Crippen LogP contribution in [0.3, 0.4) is 0 Å². The SMILES string of the molecule is Cc1cc(=O)[nH]c(-c2ccc(Cl)c(N)c2)n1. The smallest absolute Gasteiger partial charge is 0.251 e. The van der Waals surface area contributed by atoms with Crippen molar-refractivity contribution in [3.8, 4) is 11.4 Å². The van der Waals surface area contributed by atoms with Crippen molar-refractivity contribution in [2.45, 2.75) is 6.92 Å². The lowest BCUT2D eigenvalue weighted by molar-refractivity contribution is 1.07. The molecule has 3 N–H and O–H groups in total. The first-order chi connectivity index (χ1) is 7.56. The first-order valence-corrected chi connectivity index (χ1v) is 5.07. The molecule has 0 aliphatic heterocycles. The van der Waals surface area contributed by atoms with Gasteiger partial charge in [0.05, 0.1) is 10.7 Å². The van der Waals surface area contributed by atoms with Gasteiger partial charge in [0, 0.05) is 17.3 Å². The van der Waals surface area contributed by atoms with Gasteiger partial charge >= 0.3 is 0 Å². The Morgan fingerprint density at radius 3 is 2.75 bits per heavy atom. The Morgan fingerprint density at radius 2 is 2.12 bits per heavy atom. The molecule has 0 bridgehead atoms. The third-order valence-corrected chi connectivity index (χ3v) is 2.48. The third kappa shape index (κ3) is 2.06. The van der Waals surface area contributed by atoms with Crippen molar-refractivity contribution in [3.63, 3.8) is 0 Å². The summed E-state index contributed by atoms with van der Waals surface area (Å²) in [6.07, 6.45) is 0. The Bertz CT molecular complexity index is 592. The molecule has 0 saturated carbocycles. The monoisotopic (exact) mass is 235 g/mol. The lowest BCUT2D eigenvalue weighted by Gasteiger charge is -2.04. The van der Waals surface area contributed by atoms with E-state index in [2.05, 4.69) is 9.97 Å². The van der Waals surface area contributed by atoms with Gasteiger partial charge in [-0.3, -0.25) is 4.79 Å². The van der Waals surface area contributed by atoms with Crippen LogP contribution in [0.4, 0.5) is 5.69 Å². The van der Waals surface area contributed by atoms with Crippen LogP contribution in [0.5, 0.6) is 0 Å². The fraction of sp³-hybridized carbons (Fsp3) is 0.0909. The topological polar surface area (TPSA) is 71.8 Å². The van der Waals surface area contributed by atoms with Crippen LogP contribution in [-0.2, 0) is 0 Å². The predicted molar refractivity (Wildman–Crippen MR) is 64.5 cm³/mol. The van der Waals surface area contributed by atoms with Gasteiger partial charge in [-0.1, -0.05) is 11.6 Å². The van der Waals surface area contributed by atoms with Crippen LogP contribution in [0.25, 0.3) is 11.4 Å². The quantitative estimate of drug-likeness (QED) is 0.743. The zero-order valence-electron chi connectivity index (χ0n) is 8.62. The Hall–Kier alpha value is -1.81. The van der Waals surface area contributed by atoms with Crippen molar-refractivity contribution in [1.29, 1.82) is 0 Å². The molecule has 0 fully saturated rings. The number of nitrogen functional groups attached to an aromatic ring is 1. The molecular weight excluding hydrogens is 226 g/mol. The molecule has 82 valence electrons. The maximum atomic E-state index is 11.3. The van der Waals surface area contributed by atoms with E-state index < -0.39 is 0 Å². The molecule has 0 atom stereocenters. The van der Waals surface area contributed by atoms with Gasteiger partial charge in [0.2, 0.25) is 0 Å². The van der Waals surface area contributed by atoms with E-state index >= 15 is 0 Å². The summed E-state index contributed by atoms with van der Waals surface area (Å²) in [5.74, 6) is 0.494. The van der Waals surface area contributed by atoms with Crippen molar-refractivity contribution >= 4 is 17.3 Å². The standard InChI is InChI=1S/C11H10ClN3O/c1-6-4-10(16)15-11(14-6)7-2-3-8(12)9(13)5-7/h2-5H,13H2,1H3,(H,14,15,16). The minimum absolute atomic E-state index is 0.184. The van der Waals surface area contributed by atoms with Crippen molar-refractivity contribution in [3.05, 3.63) is 45.3 Å². The van der Waals surface area contributed by atoms with E-state index in [0.717, 1.165) is 5.56 Å². The van der Waals surface area contributed by atoms with Gasteiger partial charge in [-0.2, -0.15) is 0 Å². The van der Waals surface area contributed by atoms with E-state index in [9.17, 15) is 4.79 Å². The van der Waals surface area contributed by atoms with Crippen LogP contribution in [0, 0.1) is 6.92 Å². The minimum atomic E-state index is -0.184. The van der Waals surface area contributed by atoms with Crippen LogP contribution in [0.2, 0.25) is 5.02 Å². The Kier molecular flexibility index (Phi) is 2.66. The highest BCUT2D eigenvalue weighted by Gasteiger charge is 2.04. The summed E-state index contributed by atoms with van der Waals surface area (Å²) in [5, 5.41) is 0.485. The minimum Gasteiger partial charge on any atom is -0.398 e. The molecule has 1 aromatic carbocycles. The average Bonchev–Trinajstić information content (AvgIpc) is 2.20. The van der Waals surface area contributed by atoms with Gasteiger partial charge in [-0.05, 0) is 25.1 Å². The van der Waals surface area contributed by atoms with Crippen LogP contribution < -0.4 is 11.3 Å². The van der Waals surface area contributed by atoms with Crippen LogP contribution >= 0.6 is 11.6 Å². The molecule has 0 unspecified atom stereocenters. The number of aromatic amines is 1. The summed E-state index contributed by atoms with van der Waals surface area (Å²) in [4.78, 5) is 18.2. The van der Waals surface area contributed by atoms with E-state index in [1.165, 1.54) is 6.07 Å². The lowest BCUT2D eigenvalue weighted by atomic mass is 10.2. The van der Waals surface area contributed by atoms with Crippen LogP contribution in [0.15, 0.2) is 29.1 Å². The summed E-state index contributed by atoms with van der Waals surface area (Å²) >= 11 is 5.81. The lowest BCUT2D eigenvalue weighted by Crippen LogP contribution is -2.08. The fourth-order valence-corrected chi connectivity index (χ4v) is 1.52. The zero-order valence-corrected chi connectivity index (χ0v) is 9.38. The number of halogens is 1. The highest BCUT2D eigenvalue weighted by atomic mass is 35.5. The molecule has 5 heteroatoms. The van der Waals surface area contributed by atoms with Gasteiger partial charge in [0.15, 0.2) is 0 Å². The number of hydrogen-bond acceptors (Lipinski definition) is 3. The van der Waals surface area contributed by atoms with E-state index in [-0.39, 0.29) is 5.56 Å². The molecule has 0 aliphatic rings. The molecule has 2 rings (SSSR count).